The lowest BCUT2D eigenvalue weighted by atomic mass is 9.89. The Morgan fingerprint density at radius 3 is 1.94 bits per heavy atom. The van der Waals surface area contributed by atoms with Crippen molar-refractivity contribution >= 4 is 22.4 Å². The Balaban J connectivity index is 1.19. The van der Waals surface area contributed by atoms with Crippen molar-refractivity contribution in [3.63, 3.8) is 0 Å². The van der Waals surface area contributed by atoms with E-state index in [9.17, 15) is 5.26 Å². The van der Waals surface area contributed by atoms with E-state index in [-0.39, 0.29) is 6.17 Å². The number of nitrogens with one attached hydrogen (secondary N) is 1. The Bertz CT molecular complexity index is 2350. The van der Waals surface area contributed by atoms with Crippen molar-refractivity contribution in [2.75, 3.05) is 0 Å². The number of nitrogens with zero attached hydrogens (tertiary/aromatic N) is 3. The minimum Gasteiger partial charge on any atom is -0.344 e. The molecule has 1 unspecified atom stereocenters. The van der Waals surface area contributed by atoms with E-state index in [2.05, 4.69) is 121 Å². The summed E-state index contributed by atoms with van der Waals surface area (Å²) in [6, 6.07) is 60.6. The maximum absolute atomic E-state index is 9.38. The van der Waals surface area contributed by atoms with Gasteiger partial charge >= 0.3 is 0 Å². The molecule has 0 aromatic heterocycles. The van der Waals surface area contributed by atoms with Gasteiger partial charge in [-0.15, -0.1) is 0 Å². The van der Waals surface area contributed by atoms with Gasteiger partial charge in [0.2, 0.25) is 0 Å². The first kappa shape index (κ1) is 28.9. The quantitative estimate of drug-likeness (QED) is 0.203. The fraction of sp³-hybridized carbons (Fsp3) is 0.0227. The zero-order valence-corrected chi connectivity index (χ0v) is 26.1. The molecule has 0 saturated carbocycles. The standard InChI is InChI=1S/C44H30N4/c45-29-30-10-9-16-38(28-30)31-18-22-34(23-19-31)41-39-17-8-7-11-32(39)26-27-40(41)33-20-24-37(25-21-33)44-47-42(35-12-3-1-4-13-35)46-43(48-44)36-14-5-2-6-15-36/h1-28,42H,(H,46,47,48). The van der Waals surface area contributed by atoms with Gasteiger partial charge in [-0.1, -0.05) is 158 Å². The van der Waals surface area contributed by atoms with Crippen LogP contribution in [0.4, 0.5) is 0 Å². The van der Waals surface area contributed by atoms with Crippen LogP contribution >= 0.6 is 0 Å². The number of rotatable bonds is 6. The van der Waals surface area contributed by atoms with E-state index >= 15 is 0 Å². The van der Waals surface area contributed by atoms with Crippen LogP contribution in [0.5, 0.6) is 0 Å². The van der Waals surface area contributed by atoms with Crippen molar-refractivity contribution in [1.82, 2.24) is 5.32 Å². The van der Waals surface area contributed by atoms with Crippen LogP contribution in [0.2, 0.25) is 0 Å². The molecule has 1 aliphatic heterocycles. The maximum atomic E-state index is 9.38. The predicted molar refractivity (Wildman–Crippen MR) is 197 cm³/mol. The summed E-state index contributed by atoms with van der Waals surface area (Å²) in [5, 5.41) is 15.3. The second-order valence-electron chi connectivity index (χ2n) is 11.8. The van der Waals surface area contributed by atoms with E-state index in [1.807, 2.05) is 60.7 Å². The smallest absolute Gasteiger partial charge is 0.159 e. The van der Waals surface area contributed by atoms with Gasteiger partial charge in [0.1, 0.15) is 12.0 Å². The second-order valence-corrected chi connectivity index (χ2v) is 11.8. The topological polar surface area (TPSA) is 60.5 Å². The molecule has 4 heteroatoms. The number of amidine groups is 2. The largest absolute Gasteiger partial charge is 0.344 e. The van der Waals surface area contributed by atoms with Crippen molar-refractivity contribution in [1.29, 1.82) is 5.26 Å². The molecule has 0 fully saturated rings. The van der Waals surface area contributed by atoms with Gasteiger partial charge < -0.3 is 5.32 Å². The van der Waals surface area contributed by atoms with Gasteiger partial charge in [-0.05, 0) is 61.8 Å². The van der Waals surface area contributed by atoms with Crippen LogP contribution in [0, 0.1) is 11.3 Å². The van der Waals surface area contributed by atoms with E-state index in [0.717, 1.165) is 50.3 Å². The summed E-state index contributed by atoms with van der Waals surface area (Å²) < 4.78 is 0. The first-order valence-electron chi connectivity index (χ1n) is 16.0. The molecule has 0 spiro atoms. The van der Waals surface area contributed by atoms with Gasteiger partial charge in [0, 0.05) is 11.1 Å². The Morgan fingerprint density at radius 2 is 1.17 bits per heavy atom. The molecule has 0 radical (unpaired) electrons. The molecule has 8 rings (SSSR count). The SMILES string of the molecule is N#Cc1cccc(-c2ccc(-c3c(-c4ccc(C5=NC(c6ccccc6)NC(c6ccccc6)=N5)cc4)ccc4ccccc34)cc2)c1. The Kier molecular flexibility index (Phi) is 7.62. The lowest BCUT2D eigenvalue weighted by Gasteiger charge is -2.23. The van der Waals surface area contributed by atoms with Gasteiger partial charge in [-0.25, -0.2) is 9.98 Å². The Morgan fingerprint density at radius 1 is 0.521 bits per heavy atom. The summed E-state index contributed by atoms with van der Waals surface area (Å²) >= 11 is 0. The molecule has 0 aliphatic carbocycles. The average Bonchev–Trinajstić information content (AvgIpc) is 3.18. The molecular formula is C44H30N4. The molecular weight excluding hydrogens is 585 g/mol. The van der Waals surface area contributed by atoms with Crippen molar-refractivity contribution in [3.8, 4) is 39.4 Å². The molecule has 226 valence electrons. The van der Waals surface area contributed by atoms with Gasteiger partial charge in [-0.3, -0.25) is 0 Å². The van der Waals surface area contributed by atoms with E-state index < -0.39 is 0 Å². The van der Waals surface area contributed by atoms with Crippen LogP contribution in [0.3, 0.4) is 0 Å². The maximum Gasteiger partial charge on any atom is 0.159 e. The van der Waals surface area contributed by atoms with Crippen LogP contribution < -0.4 is 5.32 Å². The highest BCUT2D eigenvalue weighted by molar-refractivity contribution is 6.13. The lowest BCUT2D eigenvalue weighted by Crippen LogP contribution is -2.33. The van der Waals surface area contributed by atoms with Crippen LogP contribution in [0.25, 0.3) is 44.2 Å². The summed E-state index contributed by atoms with van der Waals surface area (Å²) in [7, 11) is 0. The van der Waals surface area contributed by atoms with Crippen LogP contribution in [0.15, 0.2) is 180 Å². The van der Waals surface area contributed by atoms with E-state index in [4.69, 9.17) is 9.98 Å². The van der Waals surface area contributed by atoms with E-state index in [1.54, 1.807) is 0 Å². The monoisotopic (exact) mass is 614 g/mol. The number of benzene rings is 7. The molecule has 4 nitrogen and oxygen atoms in total. The minimum absolute atomic E-state index is 0.244. The van der Waals surface area contributed by atoms with Gasteiger partial charge in [0.15, 0.2) is 5.84 Å². The van der Waals surface area contributed by atoms with Crippen molar-refractivity contribution in [2.45, 2.75) is 6.17 Å². The molecule has 1 heterocycles. The second kappa shape index (κ2) is 12.7. The molecule has 1 atom stereocenters. The fourth-order valence-corrected chi connectivity index (χ4v) is 6.35. The third-order valence-electron chi connectivity index (χ3n) is 8.79. The molecule has 7 aromatic carbocycles. The fourth-order valence-electron chi connectivity index (χ4n) is 6.35. The van der Waals surface area contributed by atoms with Gasteiger partial charge in [0.25, 0.3) is 0 Å². The summed E-state index contributed by atoms with van der Waals surface area (Å²) in [4.78, 5) is 10.0. The summed E-state index contributed by atoms with van der Waals surface area (Å²) in [6.07, 6.45) is -0.244. The number of hydrogen-bond acceptors (Lipinski definition) is 4. The van der Waals surface area contributed by atoms with Gasteiger partial charge in [0.05, 0.1) is 11.6 Å². The summed E-state index contributed by atoms with van der Waals surface area (Å²) in [5.74, 6) is 1.50. The highest BCUT2D eigenvalue weighted by Gasteiger charge is 2.21. The minimum atomic E-state index is -0.244. The first-order valence-corrected chi connectivity index (χ1v) is 16.0. The summed E-state index contributed by atoms with van der Waals surface area (Å²) in [6.45, 7) is 0. The van der Waals surface area contributed by atoms with Crippen molar-refractivity contribution in [2.24, 2.45) is 9.98 Å². The number of hydrogen-bond donors (Lipinski definition) is 1. The summed E-state index contributed by atoms with van der Waals surface area (Å²) in [5.41, 5.74) is 10.4. The average molecular weight is 615 g/mol. The number of aliphatic imine (C=N–C) groups is 2. The van der Waals surface area contributed by atoms with Crippen molar-refractivity contribution < 1.29 is 0 Å². The van der Waals surface area contributed by atoms with E-state index in [1.165, 1.54) is 16.3 Å². The van der Waals surface area contributed by atoms with Crippen LogP contribution in [-0.2, 0) is 0 Å². The zero-order chi connectivity index (χ0) is 32.3. The van der Waals surface area contributed by atoms with E-state index in [0.29, 0.717) is 11.4 Å². The molecule has 7 aromatic rings. The molecule has 0 saturated heterocycles. The first-order chi connectivity index (χ1) is 23.7. The molecule has 1 N–H and O–H groups in total. The highest BCUT2D eigenvalue weighted by Crippen LogP contribution is 2.39. The highest BCUT2D eigenvalue weighted by atomic mass is 15.2. The molecule has 0 bridgehead atoms. The van der Waals surface area contributed by atoms with Crippen LogP contribution in [-0.4, -0.2) is 11.7 Å². The Hall–Kier alpha value is -6.57. The van der Waals surface area contributed by atoms with Crippen LogP contribution in [0.1, 0.15) is 28.4 Å². The molecule has 1 aliphatic rings. The number of fused-ring (bicyclic) bond motifs is 1. The Labute approximate surface area is 280 Å². The zero-order valence-electron chi connectivity index (χ0n) is 26.1. The van der Waals surface area contributed by atoms with Gasteiger partial charge in [-0.2, -0.15) is 5.26 Å². The van der Waals surface area contributed by atoms with Crippen molar-refractivity contribution in [3.05, 3.63) is 192 Å². The third-order valence-corrected chi connectivity index (χ3v) is 8.79. The number of nitriles is 1. The normalized spacial score (nSPS) is 14.0. The third kappa shape index (κ3) is 5.66. The lowest BCUT2D eigenvalue weighted by molar-refractivity contribution is 0.674. The predicted octanol–water partition coefficient (Wildman–Crippen LogP) is 10.2. The molecule has 48 heavy (non-hydrogen) atoms. The molecule has 0 amide bonds.